The number of furan rings is 1. The summed E-state index contributed by atoms with van der Waals surface area (Å²) < 4.78 is 5.88. The van der Waals surface area contributed by atoms with E-state index in [-0.39, 0.29) is 6.10 Å². The summed E-state index contributed by atoms with van der Waals surface area (Å²) in [5.74, 6) is 4.31. The van der Waals surface area contributed by atoms with Crippen LogP contribution in [0.15, 0.2) is 16.5 Å². The first-order chi connectivity index (χ1) is 9.22. The smallest absolute Gasteiger partial charge is 0.117 e. The Bertz CT molecular complexity index is 415. The van der Waals surface area contributed by atoms with Crippen LogP contribution in [-0.4, -0.2) is 17.8 Å². The number of nitrogens with one attached hydrogen (secondary N) is 1. The average molecular weight is 263 g/mol. The van der Waals surface area contributed by atoms with Crippen LogP contribution in [0.2, 0.25) is 0 Å². The average Bonchev–Trinajstić information content (AvgIpc) is 2.93. The molecule has 1 aromatic heterocycles. The Morgan fingerprint density at radius 1 is 1.32 bits per heavy atom. The van der Waals surface area contributed by atoms with Gasteiger partial charge in [-0.25, -0.2) is 0 Å². The highest BCUT2D eigenvalue weighted by Crippen LogP contribution is 2.47. The first kappa shape index (κ1) is 13.2. The fourth-order valence-corrected chi connectivity index (χ4v) is 3.25. The number of aliphatic hydroxyl groups excluding tert-OH is 1. The van der Waals surface area contributed by atoms with E-state index < -0.39 is 0 Å². The number of hydrogen-bond donors (Lipinski definition) is 2. The van der Waals surface area contributed by atoms with Crippen molar-refractivity contribution in [3.63, 3.8) is 0 Å². The normalized spacial score (nSPS) is 34.4. The molecule has 2 N–H and O–H groups in total. The Kier molecular flexibility index (Phi) is 3.94. The third-order valence-electron chi connectivity index (χ3n) is 4.64. The zero-order valence-electron chi connectivity index (χ0n) is 11.8. The molecule has 0 aliphatic heterocycles. The van der Waals surface area contributed by atoms with Crippen LogP contribution in [0.3, 0.4) is 0 Å². The first-order valence-corrected chi connectivity index (χ1v) is 7.69. The topological polar surface area (TPSA) is 45.4 Å². The zero-order valence-corrected chi connectivity index (χ0v) is 11.8. The molecule has 1 aromatic rings. The maximum absolute atomic E-state index is 9.65. The fraction of sp³-hybridized carbons (Fsp3) is 0.750. The molecule has 0 spiro atoms. The van der Waals surface area contributed by atoms with Crippen LogP contribution in [0.4, 0.5) is 0 Å². The molecule has 4 atom stereocenters. The van der Waals surface area contributed by atoms with Gasteiger partial charge in [0.15, 0.2) is 0 Å². The fourth-order valence-electron chi connectivity index (χ4n) is 3.25. The molecule has 19 heavy (non-hydrogen) atoms. The van der Waals surface area contributed by atoms with Crippen molar-refractivity contribution in [3.05, 3.63) is 23.7 Å². The summed E-state index contributed by atoms with van der Waals surface area (Å²) in [5.41, 5.74) is 0. The van der Waals surface area contributed by atoms with Gasteiger partial charge in [-0.3, -0.25) is 0 Å². The maximum atomic E-state index is 9.65. The molecule has 4 unspecified atom stereocenters. The molecule has 3 heteroatoms. The Morgan fingerprint density at radius 2 is 2.16 bits per heavy atom. The van der Waals surface area contributed by atoms with Gasteiger partial charge in [-0.05, 0) is 56.2 Å². The van der Waals surface area contributed by atoms with E-state index in [4.69, 9.17) is 4.42 Å². The molecule has 0 radical (unpaired) electrons. The monoisotopic (exact) mass is 263 g/mol. The van der Waals surface area contributed by atoms with Crippen molar-refractivity contribution >= 4 is 0 Å². The van der Waals surface area contributed by atoms with Crippen LogP contribution in [0.25, 0.3) is 0 Å². The molecular formula is C16H25NO2. The molecule has 106 valence electrons. The van der Waals surface area contributed by atoms with Gasteiger partial charge in [0, 0.05) is 5.92 Å². The van der Waals surface area contributed by atoms with Crippen molar-refractivity contribution in [1.29, 1.82) is 0 Å². The van der Waals surface area contributed by atoms with Crippen molar-refractivity contribution in [2.45, 2.75) is 57.6 Å². The number of aliphatic hydroxyl groups is 1. The minimum atomic E-state index is -0.0767. The Morgan fingerprint density at radius 3 is 2.89 bits per heavy atom. The van der Waals surface area contributed by atoms with Gasteiger partial charge in [0.1, 0.15) is 11.5 Å². The first-order valence-electron chi connectivity index (χ1n) is 7.69. The van der Waals surface area contributed by atoms with Crippen molar-refractivity contribution in [2.75, 3.05) is 6.54 Å². The lowest BCUT2D eigenvalue weighted by atomic mass is 9.87. The van der Waals surface area contributed by atoms with Crippen LogP contribution >= 0.6 is 0 Å². The van der Waals surface area contributed by atoms with E-state index in [0.717, 1.165) is 49.8 Å². The van der Waals surface area contributed by atoms with Crippen molar-refractivity contribution in [1.82, 2.24) is 5.32 Å². The van der Waals surface area contributed by atoms with E-state index in [9.17, 15) is 5.11 Å². The molecule has 2 saturated carbocycles. The van der Waals surface area contributed by atoms with Crippen LogP contribution in [0.1, 0.15) is 56.5 Å². The molecule has 2 aliphatic carbocycles. The van der Waals surface area contributed by atoms with E-state index in [1.807, 2.05) is 0 Å². The lowest BCUT2D eigenvalue weighted by Crippen LogP contribution is -2.28. The highest BCUT2D eigenvalue weighted by molar-refractivity contribution is 5.17. The second-order valence-electron chi connectivity index (χ2n) is 6.44. The van der Waals surface area contributed by atoms with Crippen LogP contribution in [0, 0.1) is 11.8 Å². The van der Waals surface area contributed by atoms with Gasteiger partial charge in [-0.2, -0.15) is 0 Å². The summed E-state index contributed by atoms with van der Waals surface area (Å²) >= 11 is 0. The molecule has 3 nitrogen and oxygen atoms in total. The van der Waals surface area contributed by atoms with Crippen LogP contribution < -0.4 is 5.32 Å². The minimum absolute atomic E-state index is 0.0767. The van der Waals surface area contributed by atoms with Crippen molar-refractivity contribution < 1.29 is 9.52 Å². The van der Waals surface area contributed by atoms with Crippen LogP contribution in [-0.2, 0) is 6.54 Å². The summed E-state index contributed by atoms with van der Waals surface area (Å²) in [6.07, 6.45) is 5.55. The molecule has 1 heterocycles. The third-order valence-corrected chi connectivity index (χ3v) is 4.64. The Balaban J connectivity index is 1.41. The summed E-state index contributed by atoms with van der Waals surface area (Å²) in [4.78, 5) is 0. The molecule has 0 amide bonds. The zero-order chi connectivity index (χ0) is 13.2. The van der Waals surface area contributed by atoms with E-state index in [0.29, 0.717) is 11.8 Å². The summed E-state index contributed by atoms with van der Waals surface area (Å²) in [6, 6.07) is 4.23. The summed E-state index contributed by atoms with van der Waals surface area (Å²) in [5, 5.41) is 13.1. The molecular weight excluding hydrogens is 238 g/mol. The number of rotatable bonds is 5. The summed E-state index contributed by atoms with van der Waals surface area (Å²) in [7, 11) is 0. The van der Waals surface area contributed by atoms with Gasteiger partial charge < -0.3 is 14.8 Å². The van der Waals surface area contributed by atoms with Crippen LogP contribution in [0.5, 0.6) is 0 Å². The second kappa shape index (κ2) is 5.68. The molecule has 2 fully saturated rings. The maximum Gasteiger partial charge on any atom is 0.117 e. The molecule has 0 bridgehead atoms. The van der Waals surface area contributed by atoms with E-state index in [2.05, 4.69) is 24.4 Å². The molecule has 0 saturated heterocycles. The van der Waals surface area contributed by atoms with Gasteiger partial charge in [-0.1, -0.05) is 13.3 Å². The standard InChI is InChI=1S/C16H25NO2/c1-11-7-15(11)16-6-5-14(19-16)10-17-9-12-3-2-4-13(18)8-12/h5-6,11-13,15,17-18H,2-4,7-10H2,1H3. The molecule has 2 aliphatic rings. The predicted octanol–water partition coefficient (Wildman–Crippen LogP) is 3.04. The van der Waals surface area contributed by atoms with Gasteiger partial charge >= 0.3 is 0 Å². The van der Waals surface area contributed by atoms with E-state index in [1.165, 1.54) is 12.8 Å². The predicted molar refractivity (Wildman–Crippen MR) is 74.9 cm³/mol. The van der Waals surface area contributed by atoms with E-state index in [1.54, 1.807) is 0 Å². The molecule has 0 aromatic carbocycles. The SMILES string of the molecule is CC1CC1c1ccc(CNCC2CCCC(O)C2)o1. The summed E-state index contributed by atoms with van der Waals surface area (Å²) in [6.45, 7) is 4.08. The largest absolute Gasteiger partial charge is 0.464 e. The minimum Gasteiger partial charge on any atom is -0.464 e. The lowest BCUT2D eigenvalue weighted by Gasteiger charge is -2.25. The highest BCUT2D eigenvalue weighted by atomic mass is 16.3. The van der Waals surface area contributed by atoms with Crippen molar-refractivity contribution in [2.24, 2.45) is 11.8 Å². The number of hydrogen-bond acceptors (Lipinski definition) is 3. The Labute approximate surface area is 115 Å². The van der Waals surface area contributed by atoms with Gasteiger partial charge in [0.25, 0.3) is 0 Å². The highest BCUT2D eigenvalue weighted by Gasteiger charge is 2.36. The second-order valence-corrected chi connectivity index (χ2v) is 6.44. The molecule has 3 rings (SSSR count). The van der Waals surface area contributed by atoms with Gasteiger partial charge in [0.05, 0.1) is 12.6 Å². The van der Waals surface area contributed by atoms with E-state index >= 15 is 0 Å². The van der Waals surface area contributed by atoms with Gasteiger partial charge in [-0.15, -0.1) is 0 Å². The van der Waals surface area contributed by atoms with Crippen molar-refractivity contribution in [3.8, 4) is 0 Å². The third kappa shape index (κ3) is 3.40. The van der Waals surface area contributed by atoms with Gasteiger partial charge in [0.2, 0.25) is 0 Å². The Hall–Kier alpha value is -0.800. The lowest BCUT2D eigenvalue weighted by molar-refractivity contribution is 0.100. The quantitative estimate of drug-likeness (QED) is 0.858.